The number of hydrogen-bond acceptors (Lipinski definition) is 0. The van der Waals surface area contributed by atoms with Gasteiger partial charge >= 0.3 is 0 Å². The van der Waals surface area contributed by atoms with Crippen molar-refractivity contribution in [3.8, 4) is 5.69 Å². The minimum absolute atomic E-state index is 0.747. The van der Waals surface area contributed by atoms with Gasteiger partial charge in [0.15, 0.2) is 0 Å². The highest BCUT2D eigenvalue weighted by molar-refractivity contribution is 6.09. The summed E-state index contributed by atoms with van der Waals surface area (Å²) in [6.07, 6.45) is 20.0. The van der Waals surface area contributed by atoms with Crippen LogP contribution < -0.4 is 0 Å². The van der Waals surface area contributed by atoms with Gasteiger partial charge in [0, 0.05) is 16.5 Å². The van der Waals surface area contributed by atoms with Crippen molar-refractivity contribution in [3.05, 3.63) is 78.4 Å². The third kappa shape index (κ3) is 3.75. The van der Waals surface area contributed by atoms with E-state index in [1.165, 1.54) is 66.0 Å². The van der Waals surface area contributed by atoms with Gasteiger partial charge in [0.2, 0.25) is 0 Å². The van der Waals surface area contributed by atoms with Gasteiger partial charge in [-0.3, -0.25) is 0 Å². The van der Waals surface area contributed by atoms with Crippen LogP contribution in [-0.4, -0.2) is 4.57 Å². The van der Waals surface area contributed by atoms with E-state index in [1.54, 1.807) is 50.5 Å². The quantitative estimate of drug-likeness (QED) is 0.227. The van der Waals surface area contributed by atoms with Crippen LogP contribution in [0.2, 0.25) is 0 Å². The molecule has 3 aromatic carbocycles. The predicted molar refractivity (Wildman–Crippen MR) is 178 cm³/mol. The van der Waals surface area contributed by atoms with E-state index in [2.05, 4.69) is 77.4 Å². The Morgan fingerprint density at radius 3 is 1.65 bits per heavy atom. The molecule has 0 saturated heterocycles. The van der Waals surface area contributed by atoms with Gasteiger partial charge in [-0.25, -0.2) is 0 Å². The van der Waals surface area contributed by atoms with E-state index in [0.717, 1.165) is 65.1 Å². The summed E-state index contributed by atoms with van der Waals surface area (Å²) in [5, 5.41) is 2.88. The summed E-state index contributed by atoms with van der Waals surface area (Å²) in [7, 11) is 0. The smallest absolute Gasteiger partial charge is 0.0541 e. The van der Waals surface area contributed by atoms with E-state index < -0.39 is 0 Å². The Kier molecular flexibility index (Phi) is 5.98. The van der Waals surface area contributed by atoms with Crippen molar-refractivity contribution in [1.29, 1.82) is 0 Å². The first-order chi connectivity index (χ1) is 21.3. The second kappa shape index (κ2) is 9.98. The fourth-order valence-corrected chi connectivity index (χ4v) is 13.6. The first-order valence-corrected chi connectivity index (χ1v) is 18.4. The zero-order valence-corrected chi connectivity index (χ0v) is 25.9. The zero-order chi connectivity index (χ0) is 28.1. The minimum atomic E-state index is 0.747. The fraction of sp³-hybridized carbons (Fsp3) is 0.571. The van der Waals surface area contributed by atoms with Crippen LogP contribution in [-0.2, 0) is 0 Å². The molecule has 8 atom stereocenters. The molecule has 6 fully saturated rings. The van der Waals surface area contributed by atoms with Gasteiger partial charge in [-0.1, -0.05) is 74.6 Å². The monoisotopic (exact) mass is 567 g/mol. The largest absolute Gasteiger partial charge is 0.309 e. The van der Waals surface area contributed by atoms with Crippen molar-refractivity contribution in [2.75, 3.05) is 0 Å². The van der Waals surface area contributed by atoms with E-state index in [1.807, 2.05) is 0 Å². The Hall–Kier alpha value is -2.54. The molecule has 4 aromatic rings. The molecule has 43 heavy (non-hydrogen) atoms. The Balaban J connectivity index is 1.09. The summed E-state index contributed by atoms with van der Waals surface area (Å²) in [6, 6.07) is 27.9. The topological polar surface area (TPSA) is 4.93 Å². The lowest BCUT2D eigenvalue weighted by molar-refractivity contribution is -0.189. The van der Waals surface area contributed by atoms with Gasteiger partial charge in [-0.2, -0.15) is 0 Å². The van der Waals surface area contributed by atoms with E-state index in [-0.39, 0.29) is 0 Å². The summed E-state index contributed by atoms with van der Waals surface area (Å²) < 4.78 is 2.50. The van der Waals surface area contributed by atoms with Crippen molar-refractivity contribution < 1.29 is 0 Å². The average Bonchev–Trinajstić information content (AvgIpc) is 3.42. The van der Waals surface area contributed by atoms with Gasteiger partial charge in [0.05, 0.1) is 11.0 Å². The SMILES string of the molecule is c1ccc(-n2c3ccccc3c3cc(C4CC5C6CCCCC6C6CCCC7C8CCCCC8C(C4)C5C67)ccc32)cc1. The van der Waals surface area contributed by atoms with Crippen molar-refractivity contribution in [2.45, 2.75) is 89.4 Å². The lowest BCUT2D eigenvalue weighted by atomic mass is 9.37. The number of benzene rings is 3. The van der Waals surface area contributed by atoms with Crippen LogP contribution in [0.15, 0.2) is 72.8 Å². The molecule has 8 unspecified atom stereocenters. The van der Waals surface area contributed by atoms with Crippen LogP contribution in [0.25, 0.3) is 27.5 Å². The Bertz CT molecular complexity index is 1600. The number of rotatable bonds is 2. The molecule has 6 aliphatic carbocycles. The van der Waals surface area contributed by atoms with Crippen LogP contribution in [0.1, 0.15) is 95.0 Å². The minimum Gasteiger partial charge on any atom is -0.309 e. The van der Waals surface area contributed by atoms with Crippen molar-refractivity contribution in [2.24, 2.45) is 59.2 Å². The summed E-state index contributed by atoms with van der Waals surface area (Å²) in [5.74, 6) is 11.3. The molecule has 0 radical (unpaired) electrons. The molecule has 1 heterocycles. The molecular weight excluding hydrogens is 518 g/mol. The summed E-state index contributed by atoms with van der Waals surface area (Å²) in [6.45, 7) is 0. The van der Waals surface area contributed by atoms with E-state index in [0.29, 0.717) is 0 Å². The Morgan fingerprint density at radius 2 is 0.977 bits per heavy atom. The molecule has 6 saturated carbocycles. The maximum atomic E-state index is 2.66. The molecular formula is C42H49N. The second-order valence-corrected chi connectivity index (χ2v) is 16.1. The van der Waals surface area contributed by atoms with Gasteiger partial charge in [-0.05, 0) is 152 Å². The van der Waals surface area contributed by atoms with Crippen LogP contribution in [0, 0.1) is 59.2 Å². The standard InChI is InChI=1S/C42H49N/c1-2-11-28(12-3-1)43-39-20-9-8-17-33(39)36-23-26(21-22-40(36)43)27-24-37-31-15-6-4-13-29(31)34-18-10-19-35-30-14-5-7-16-32(30)38(25-27)42(37)41(34)35/h1-3,8-9,11-12,17,20-23,27,29-32,34-35,37-38,41-42H,4-7,10,13-16,18-19,24-25H2. The molecule has 0 bridgehead atoms. The maximum Gasteiger partial charge on any atom is 0.0541 e. The van der Waals surface area contributed by atoms with Crippen molar-refractivity contribution >= 4 is 21.8 Å². The van der Waals surface area contributed by atoms with Gasteiger partial charge in [-0.15, -0.1) is 0 Å². The van der Waals surface area contributed by atoms with Gasteiger partial charge in [0.1, 0.15) is 0 Å². The molecule has 0 N–H and O–H groups in total. The number of aromatic nitrogens is 1. The molecule has 222 valence electrons. The molecule has 0 aliphatic heterocycles. The third-order valence-corrected chi connectivity index (χ3v) is 14.7. The number of hydrogen-bond donors (Lipinski definition) is 0. The lowest BCUT2D eigenvalue weighted by Crippen LogP contribution is -2.61. The Labute approximate surface area is 258 Å². The van der Waals surface area contributed by atoms with Gasteiger partial charge < -0.3 is 4.57 Å². The molecule has 0 amide bonds. The average molecular weight is 568 g/mol. The van der Waals surface area contributed by atoms with Crippen LogP contribution in [0.3, 0.4) is 0 Å². The third-order valence-electron chi connectivity index (χ3n) is 14.7. The summed E-state index contributed by atoms with van der Waals surface area (Å²) >= 11 is 0. The molecule has 1 nitrogen and oxygen atoms in total. The number of fused-ring (bicyclic) bond motifs is 9. The van der Waals surface area contributed by atoms with Crippen molar-refractivity contribution in [3.63, 3.8) is 0 Å². The molecule has 10 rings (SSSR count). The number of para-hydroxylation sites is 2. The van der Waals surface area contributed by atoms with Crippen LogP contribution >= 0.6 is 0 Å². The molecule has 6 aliphatic rings. The second-order valence-electron chi connectivity index (χ2n) is 16.1. The molecule has 1 aromatic heterocycles. The van der Waals surface area contributed by atoms with E-state index in [4.69, 9.17) is 0 Å². The van der Waals surface area contributed by atoms with Crippen LogP contribution in [0.5, 0.6) is 0 Å². The zero-order valence-electron chi connectivity index (χ0n) is 25.9. The van der Waals surface area contributed by atoms with Crippen LogP contribution in [0.4, 0.5) is 0 Å². The maximum absolute atomic E-state index is 2.66. The normalized spacial score (nSPS) is 40.0. The highest BCUT2D eigenvalue weighted by atomic mass is 15.0. The van der Waals surface area contributed by atoms with E-state index >= 15 is 0 Å². The predicted octanol–water partition coefficient (Wildman–Crippen LogP) is 11.2. The summed E-state index contributed by atoms with van der Waals surface area (Å²) in [5.41, 5.74) is 5.64. The summed E-state index contributed by atoms with van der Waals surface area (Å²) in [4.78, 5) is 0. The fourth-order valence-electron chi connectivity index (χ4n) is 13.6. The lowest BCUT2D eigenvalue weighted by Gasteiger charge is -2.68. The highest BCUT2D eigenvalue weighted by Gasteiger charge is 2.62. The van der Waals surface area contributed by atoms with E-state index in [9.17, 15) is 0 Å². The molecule has 0 spiro atoms. The Morgan fingerprint density at radius 1 is 0.442 bits per heavy atom. The first-order valence-electron chi connectivity index (χ1n) is 18.4. The first kappa shape index (κ1) is 25.8. The van der Waals surface area contributed by atoms with Gasteiger partial charge in [0.25, 0.3) is 0 Å². The molecule has 1 heteroatoms. The van der Waals surface area contributed by atoms with Crippen molar-refractivity contribution in [1.82, 2.24) is 4.57 Å². The highest BCUT2D eigenvalue weighted by Crippen LogP contribution is 2.70. The number of nitrogens with zero attached hydrogens (tertiary/aromatic N) is 1.